The second-order valence-electron chi connectivity index (χ2n) is 4.45. The number of rotatable bonds is 3. The Morgan fingerprint density at radius 3 is 2.35 bits per heavy atom. The van der Waals surface area contributed by atoms with Crippen molar-refractivity contribution < 1.29 is 21.2 Å². The number of alkyl halides is 1. The zero-order valence-corrected chi connectivity index (χ0v) is 12.8. The van der Waals surface area contributed by atoms with Gasteiger partial charge in [0.25, 0.3) is 0 Å². The van der Waals surface area contributed by atoms with Crippen LogP contribution in [0.2, 0.25) is 0 Å². The molecule has 0 aromatic heterocycles. The van der Waals surface area contributed by atoms with E-state index in [9.17, 15) is 21.2 Å². The highest BCUT2D eigenvalue weighted by molar-refractivity contribution is 7.92. The molecule has 1 aliphatic rings. The third-order valence-electron chi connectivity index (χ3n) is 3.07. The summed E-state index contributed by atoms with van der Waals surface area (Å²) in [5.41, 5.74) is 0.476. The highest BCUT2D eigenvalue weighted by Crippen LogP contribution is 2.22. The third-order valence-corrected chi connectivity index (χ3v) is 6.92. The van der Waals surface area contributed by atoms with Crippen molar-refractivity contribution in [2.24, 2.45) is 0 Å². The molecule has 0 saturated carbocycles. The van der Waals surface area contributed by atoms with Crippen molar-refractivity contribution in [3.63, 3.8) is 0 Å². The number of hydrogen-bond donors (Lipinski definition) is 0. The maximum absolute atomic E-state index is 13.9. The van der Waals surface area contributed by atoms with E-state index in [-0.39, 0.29) is 30.5 Å². The van der Waals surface area contributed by atoms with Crippen LogP contribution in [-0.4, -0.2) is 45.7 Å². The second kappa shape index (κ2) is 5.59. The van der Waals surface area contributed by atoms with E-state index in [1.807, 2.05) is 0 Å². The van der Waals surface area contributed by atoms with E-state index in [1.54, 1.807) is 0 Å². The number of nitrogens with zero attached hydrogens (tertiary/aromatic N) is 1. The summed E-state index contributed by atoms with van der Waals surface area (Å²) in [5.74, 6) is -1.28. The summed E-state index contributed by atoms with van der Waals surface area (Å²) in [6, 6.07) is 3.66. The van der Waals surface area contributed by atoms with Crippen molar-refractivity contribution in [2.75, 3.05) is 24.6 Å². The molecule has 2 rings (SSSR count). The van der Waals surface area contributed by atoms with Crippen LogP contribution in [0.4, 0.5) is 4.39 Å². The normalized spacial score (nSPS) is 19.9. The van der Waals surface area contributed by atoms with E-state index in [0.717, 1.165) is 16.4 Å². The van der Waals surface area contributed by atoms with Crippen molar-refractivity contribution in [1.82, 2.24) is 4.31 Å². The molecule has 0 aliphatic carbocycles. The topological polar surface area (TPSA) is 71.5 Å². The van der Waals surface area contributed by atoms with E-state index in [4.69, 9.17) is 11.6 Å². The van der Waals surface area contributed by atoms with Crippen LogP contribution in [0.15, 0.2) is 23.1 Å². The van der Waals surface area contributed by atoms with Gasteiger partial charge in [0.05, 0.1) is 11.5 Å². The summed E-state index contributed by atoms with van der Waals surface area (Å²) in [7, 11) is -7.21. The Morgan fingerprint density at radius 2 is 1.85 bits per heavy atom. The molecule has 0 spiro atoms. The lowest BCUT2D eigenvalue weighted by molar-refractivity contribution is 0.426. The van der Waals surface area contributed by atoms with Crippen molar-refractivity contribution in [2.45, 2.75) is 10.8 Å². The summed E-state index contributed by atoms with van der Waals surface area (Å²) in [5, 5.41) is 0. The van der Waals surface area contributed by atoms with Gasteiger partial charge in [-0.3, -0.25) is 0 Å². The van der Waals surface area contributed by atoms with E-state index in [1.165, 1.54) is 6.07 Å². The van der Waals surface area contributed by atoms with E-state index in [2.05, 4.69) is 0 Å². The molecule has 1 aromatic rings. The van der Waals surface area contributed by atoms with Crippen LogP contribution >= 0.6 is 11.6 Å². The first-order valence-corrected chi connectivity index (χ1v) is 9.61. The van der Waals surface area contributed by atoms with Crippen LogP contribution in [0.5, 0.6) is 0 Å². The lowest BCUT2D eigenvalue weighted by Gasteiger charge is -2.26. The minimum Gasteiger partial charge on any atom is -0.229 e. The molecule has 0 atom stereocenters. The Balaban J connectivity index is 2.32. The lowest BCUT2D eigenvalue weighted by Crippen LogP contribution is -2.43. The van der Waals surface area contributed by atoms with Crippen LogP contribution < -0.4 is 0 Å². The maximum Gasteiger partial charge on any atom is 0.246 e. The van der Waals surface area contributed by atoms with Gasteiger partial charge in [0.15, 0.2) is 9.84 Å². The molecule has 1 aromatic carbocycles. The summed E-state index contributed by atoms with van der Waals surface area (Å²) < 4.78 is 62.0. The number of sulfone groups is 1. The van der Waals surface area contributed by atoms with Crippen molar-refractivity contribution in [3.05, 3.63) is 29.6 Å². The van der Waals surface area contributed by atoms with E-state index in [0.29, 0.717) is 5.56 Å². The first kappa shape index (κ1) is 15.7. The largest absolute Gasteiger partial charge is 0.246 e. The summed E-state index contributed by atoms with van der Waals surface area (Å²) in [6.07, 6.45) is 0. The zero-order chi connectivity index (χ0) is 15.0. The highest BCUT2D eigenvalue weighted by Gasteiger charge is 2.32. The molecule has 0 radical (unpaired) electrons. The van der Waals surface area contributed by atoms with Gasteiger partial charge in [-0.05, 0) is 17.7 Å². The molecule has 112 valence electrons. The minimum absolute atomic E-state index is 0.0825. The number of halogens is 2. The number of benzene rings is 1. The highest BCUT2D eigenvalue weighted by atomic mass is 35.5. The molecule has 1 aliphatic heterocycles. The Kier molecular flexibility index (Phi) is 4.38. The molecule has 0 unspecified atom stereocenters. The van der Waals surface area contributed by atoms with Gasteiger partial charge in [-0.2, -0.15) is 4.31 Å². The monoisotopic (exact) mass is 341 g/mol. The predicted octanol–water partition coefficient (Wildman–Crippen LogP) is 0.984. The van der Waals surface area contributed by atoms with Crippen molar-refractivity contribution in [1.29, 1.82) is 0 Å². The van der Waals surface area contributed by atoms with Crippen LogP contribution in [0.25, 0.3) is 0 Å². The Labute approximate surface area is 122 Å². The first-order chi connectivity index (χ1) is 9.26. The Hall–Kier alpha value is -0.700. The van der Waals surface area contributed by atoms with Crippen LogP contribution in [-0.2, 0) is 25.7 Å². The molecular weight excluding hydrogens is 329 g/mol. The molecule has 0 N–H and O–H groups in total. The SMILES string of the molecule is O=S1(=O)CCN(S(=O)(=O)c2ccc(CCl)cc2F)CC1. The van der Waals surface area contributed by atoms with Crippen LogP contribution in [0.1, 0.15) is 5.56 Å². The molecule has 1 fully saturated rings. The molecule has 1 heterocycles. The fraction of sp³-hybridized carbons (Fsp3) is 0.455. The van der Waals surface area contributed by atoms with Crippen molar-refractivity contribution in [3.8, 4) is 0 Å². The van der Waals surface area contributed by atoms with Gasteiger partial charge in [0.2, 0.25) is 10.0 Å². The van der Waals surface area contributed by atoms with Gasteiger partial charge >= 0.3 is 0 Å². The van der Waals surface area contributed by atoms with Gasteiger partial charge in [0, 0.05) is 19.0 Å². The summed E-state index contributed by atoms with van der Waals surface area (Å²) >= 11 is 5.55. The van der Waals surface area contributed by atoms with Crippen molar-refractivity contribution >= 4 is 31.5 Å². The average Bonchev–Trinajstić information content (AvgIpc) is 2.37. The standard InChI is InChI=1S/C11H13ClFNO4S2/c12-8-9-1-2-11(10(13)7-9)20(17,18)14-3-5-19(15,16)6-4-14/h1-2,7H,3-6,8H2. The van der Waals surface area contributed by atoms with Crippen LogP contribution in [0, 0.1) is 5.82 Å². The number of sulfonamides is 1. The summed E-state index contributed by atoms with van der Waals surface area (Å²) in [6.45, 7) is -0.303. The molecule has 0 amide bonds. The maximum atomic E-state index is 13.9. The Bertz CT molecular complexity index is 704. The zero-order valence-electron chi connectivity index (χ0n) is 10.4. The second-order valence-corrected chi connectivity index (χ2v) is 8.93. The van der Waals surface area contributed by atoms with Gasteiger partial charge in [-0.15, -0.1) is 11.6 Å². The quantitative estimate of drug-likeness (QED) is 0.768. The van der Waals surface area contributed by atoms with E-state index < -0.39 is 30.6 Å². The lowest BCUT2D eigenvalue weighted by atomic mass is 10.2. The molecule has 0 bridgehead atoms. The van der Waals surface area contributed by atoms with Gasteiger partial charge in [-0.1, -0.05) is 6.07 Å². The minimum atomic E-state index is -4.02. The molecular formula is C11H13ClFNO4S2. The first-order valence-electron chi connectivity index (χ1n) is 5.81. The molecule has 5 nitrogen and oxygen atoms in total. The Morgan fingerprint density at radius 1 is 1.25 bits per heavy atom. The number of hydrogen-bond acceptors (Lipinski definition) is 4. The third kappa shape index (κ3) is 3.13. The molecule has 20 heavy (non-hydrogen) atoms. The summed E-state index contributed by atoms with van der Waals surface area (Å²) in [4.78, 5) is -0.453. The predicted molar refractivity (Wildman–Crippen MR) is 73.4 cm³/mol. The van der Waals surface area contributed by atoms with Gasteiger partial charge < -0.3 is 0 Å². The van der Waals surface area contributed by atoms with Gasteiger partial charge in [-0.25, -0.2) is 21.2 Å². The smallest absolute Gasteiger partial charge is 0.229 e. The average molecular weight is 342 g/mol. The van der Waals surface area contributed by atoms with E-state index >= 15 is 0 Å². The van der Waals surface area contributed by atoms with Crippen LogP contribution in [0.3, 0.4) is 0 Å². The fourth-order valence-electron chi connectivity index (χ4n) is 1.91. The fourth-order valence-corrected chi connectivity index (χ4v) is 5.00. The molecule has 1 saturated heterocycles. The molecule has 9 heteroatoms. The van der Waals surface area contributed by atoms with Gasteiger partial charge in [0.1, 0.15) is 10.7 Å².